The van der Waals surface area contributed by atoms with Crippen molar-refractivity contribution >= 4 is 22.5 Å². The van der Waals surface area contributed by atoms with Crippen LogP contribution >= 0.6 is 11.6 Å². The summed E-state index contributed by atoms with van der Waals surface area (Å²) in [7, 11) is 0. The van der Waals surface area contributed by atoms with E-state index in [-0.39, 0.29) is 16.1 Å². The van der Waals surface area contributed by atoms with Gasteiger partial charge in [0.25, 0.3) is 0 Å². The Labute approximate surface area is 81.4 Å². The monoisotopic (exact) mass is 218 g/mol. The Bertz CT molecular complexity index is 515. The number of fused-ring (bicyclic) bond motifs is 1. The van der Waals surface area contributed by atoms with E-state index in [1.165, 1.54) is 0 Å². The van der Waals surface area contributed by atoms with Gasteiger partial charge in [0.2, 0.25) is 0 Å². The normalized spacial score (nSPS) is 10.9. The van der Waals surface area contributed by atoms with Crippen molar-refractivity contribution in [2.24, 2.45) is 0 Å². The second-order valence-corrected chi connectivity index (χ2v) is 2.90. The molecule has 1 heterocycles. The Balaban J connectivity index is 2.99. The molecule has 0 aliphatic rings. The maximum atomic E-state index is 13.1. The predicted octanol–water partition coefficient (Wildman–Crippen LogP) is 2.70. The van der Waals surface area contributed by atoms with Crippen molar-refractivity contribution < 1.29 is 13.2 Å². The highest BCUT2D eigenvalue weighted by molar-refractivity contribution is 6.34. The molecule has 0 aliphatic heterocycles. The summed E-state index contributed by atoms with van der Waals surface area (Å²) in [4.78, 5) is 7.03. The van der Waals surface area contributed by atoms with Gasteiger partial charge in [0.05, 0.1) is 10.9 Å². The van der Waals surface area contributed by atoms with Crippen molar-refractivity contribution in [3.05, 3.63) is 35.0 Å². The summed E-state index contributed by atoms with van der Waals surface area (Å²) >= 11 is 5.51. The standard InChI is InChI=1S/C8H2ClF3N2/c9-8-5-4(13-2-14-8)1-3(10)6(11)7(5)12/h1-2H. The predicted molar refractivity (Wildman–Crippen MR) is 44.4 cm³/mol. The van der Waals surface area contributed by atoms with E-state index in [1.807, 2.05) is 0 Å². The van der Waals surface area contributed by atoms with Gasteiger partial charge in [-0.2, -0.15) is 0 Å². The van der Waals surface area contributed by atoms with E-state index in [1.54, 1.807) is 0 Å². The Morgan fingerprint density at radius 1 is 1.07 bits per heavy atom. The van der Waals surface area contributed by atoms with Crippen molar-refractivity contribution in [3.63, 3.8) is 0 Å². The number of benzene rings is 1. The molecule has 2 nitrogen and oxygen atoms in total. The lowest BCUT2D eigenvalue weighted by atomic mass is 10.2. The third-order valence-corrected chi connectivity index (χ3v) is 2.00. The topological polar surface area (TPSA) is 25.8 Å². The molecule has 2 rings (SSSR count). The van der Waals surface area contributed by atoms with Gasteiger partial charge in [-0.15, -0.1) is 0 Å². The van der Waals surface area contributed by atoms with Crippen molar-refractivity contribution in [2.75, 3.05) is 0 Å². The van der Waals surface area contributed by atoms with Gasteiger partial charge < -0.3 is 0 Å². The number of rotatable bonds is 0. The van der Waals surface area contributed by atoms with Crippen LogP contribution in [0.3, 0.4) is 0 Å². The van der Waals surface area contributed by atoms with Gasteiger partial charge in [0.15, 0.2) is 17.5 Å². The molecule has 0 saturated carbocycles. The van der Waals surface area contributed by atoms with Gasteiger partial charge in [-0.3, -0.25) is 0 Å². The van der Waals surface area contributed by atoms with E-state index < -0.39 is 17.5 Å². The molecule has 0 saturated heterocycles. The zero-order chi connectivity index (χ0) is 10.3. The third-order valence-electron chi connectivity index (χ3n) is 1.72. The lowest BCUT2D eigenvalue weighted by Gasteiger charge is -2.01. The third kappa shape index (κ3) is 1.21. The minimum Gasteiger partial charge on any atom is -0.236 e. The molecule has 0 aliphatic carbocycles. The van der Waals surface area contributed by atoms with Crippen molar-refractivity contribution in [1.82, 2.24) is 9.97 Å². The van der Waals surface area contributed by atoms with Gasteiger partial charge in [0, 0.05) is 6.07 Å². The van der Waals surface area contributed by atoms with Gasteiger partial charge in [-0.1, -0.05) is 11.6 Å². The summed E-state index contributed by atoms with van der Waals surface area (Å²) in [5.41, 5.74) is -0.0681. The van der Waals surface area contributed by atoms with Crippen LogP contribution in [0.4, 0.5) is 13.2 Å². The van der Waals surface area contributed by atoms with Crippen LogP contribution < -0.4 is 0 Å². The summed E-state index contributed by atoms with van der Waals surface area (Å²) in [5, 5.41) is -0.556. The average Bonchev–Trinajstić information content (AvgIpc) is 2.14. The van der Waals surface area contributed by atoms with Gasteiger partial charge in [0.1, 0.15) is 11.5 Å². The van der Waals surface area contributed by atoms with Crippen molar-refractivity contribution in [1.29, 1.82) is 0 Å². The summed E-state index contributed by atoms with van der Waals surface area (Å²) in [6.45, 7) is 0. The highest BCUT2D eigenvalue weighted by atomic mass is 35.5. The molecule has 0 radical (unpaired) electrons. The van der Waals surface area contributed by atoms with E-state index in [0.29, 0.717) is 0 Å². The summed E-state index contributed by atoms with van der Waals surface area (Å²) in [6.07, 6.45) is 1.04. The van der Waals surface area contributed by atoms with Crippen molar-refractivity contribution in [2.45, 2.75) is 0 Å². The minimum atomic E-state index is -1.57. The smallest absolute Gasteiger partial charge is 0.195 e. The summed E-state index contributed by atoms with van der Waals surface area (Å²) < 4.78 is 38.6. The lowest BCUT2D eigenvalue weighted by Crippen LogP contribution is -1.95. The van der Waals surface area contributed by atoms with Gasteiger partial charge in [-0.05, 0) is 0 Å². The molecule has 0 unspecified atom stereocenters. The van der Waals surface area contributed by atoms with Crippen LogP contribution in [0.15, 0.2) is 12.4 Å². The molecule has 1 aromatic carbocycles. The Hall–Kier alpha value is -1.36. The molecule has 0 amide bonds. The van der Waals surface area contributed by atoms with Gasteiger partial charge in [-0.25, -0.2) is 23.1 Å². The molecule has 1 aromatic heterocycles. The van der Waals surface area contributed by atoms with E-state index in [0.717, 1.165) is 12.4 Å². The lowest BCUT2D eigenvalue weighted by molar-refractivity contribution is 0.453. The van der Waals surface area contributed by atoms with Crippen LogP contribution in [0.1, 0.15) is 0 Å². The second-order valence-electron chi connectivity index (χ2n) is 2.54. The molecule has 0 spiro atoms. The highest BCUT2D eigenvalue weighted by Gasteiger charge is 2.16. The molecule has 0 N–H and O–H groups in total. The first-order chi connectivity index (χ1) is 6.61. The van der Waals surface area contributed by atoms with Crippen LogP contribution in [-0.4, -0.2) is 9.97 Å². The number of aromatic nitrogens is 2. The van der Waals surface area contributed by atoms with Gasteiger partial charge >= 0.3 is 0 Å². The molecular weight excluding hydrogens is 217 g/mol. The minimum absolute atomic E-state index is 0.0681. The first-order valence-corrected chi connectivity index (χ1v) is 3.92. The first kappa shape index (κ1) is 9.21. The fourth-order valence-corrected chi connectivity index (χ4v) is 1.31. The average molecular weight is 219 g/mol. The fourth-order valence-electron chi connectivity index (χ4n) is 1.09. The molecule has 2 aromatic rings. The van der Waals surface area contributed by atoms with Crippen molar-refractivity contribution in [3.8, 4) is 0 Å². The van der Waals surface area contributed by atoms with Crippen LogP contribution in [0.2, 0.25) is 5.15 Å². The number of nitrogens with zero attached hydrogens (tertiary/aromatic N) is 2. The van der Waals surface area contributed by atoms with E-state index in [2.05, 4.69) is 9.97 Å². The van der Waals surface area contributed by atoms with E-state index >= 15 is 0 Å². The number of hydrogen-bond donors (Lipinski definition) is 0. The summed E-state index contributed by atoms with van der Waals surface area (Å²) in [6, 6.07) is 0.765. The Morgan fingerprint density at radius 3 is 2.50 bits per heavy atom. The fraction of sp³-hybridized carbons (Fsp3) is 0. The molecule has 0 bridgehead atoms. The van der Waals surface area contributed by atoms with E-state index in [4.69, 9.17) is 11.6 Å². The largest absolute Gasteiger partial charge is 0.236 e. The van der Waals surface area contributed by atoms with Crippen LogP contribution in [-0.2, 0) is 0 Å². The zero-order valence-corrected chi connectivity index (χ0v) is 7.32. The molecule has 14 heavy (non-hydrogen) atoms. The van der Waals surface area contributed by atoms with Crippen LogP contribution in [0.5, 0.6) is 0 Å². The quantitative estimate of drug-likeness (QED) is 0.502. The molecule has 6 heteroatoms. The second kappa shape index (κ2) is 3.09. The van der Waals surface area contributed by atoms with E-state index in [9.17, 15) is 13.2 Å². The molecular formula is C8H2ClF3N2. The Morgan fingerprint density at radius 2 is 1.79 bits per heavy atom. The number of halogens is 4. The zero-order valence-electron chi connectivity index (χ0n) is 6.56. The number of hydrogen-bond acceptors (Lipinski definition) is 2. The molecule has 72 valence electrons. The maximum absolute atomic E-state index is 13.1. The Kier molecular flexibility index (Phi) is 2.03. The SMILES string of the molecule is Fc1cc2ncnc(Cl)c2c(F)c1F. The first-order valence-electron chi connectivity index (χ1n) is 3.55. The summed E-state index contributed by atoms with van der Waals surface area (Å²) in [5.74, 6) is -4.25. The van der Waals surface area contributed by atoms with Crippen LogP contribution in [0.25, 0.3) is 10.9 Å². The molecule has 0 fully saturated rings. The van der Waals surface area contributed by atoms with Crippen LogP contribution in [0, 0.1) is 17.5 Å². The molecule has 0 atom stereocenters. The highest BCUT2D eigenvalue weighted by Crippen LogP contribution is 2.25. The maximum Gasteiger partial charge on any atom is 0.195 e.